The summed E-state index contributed by atoms with van der Waals surface area (Å²) >= 11 is 6.26. The second kappa shape index (κ2) is 11.6. The first kappa shape index (κ1) is 22.1. The molecule has 0 aliphatic carbocycles. The number of nitrogens with one attached hydrogen (secondary N) is 1. The summed E-state index contributed by atoms with van der Waals surface area (Å²) in [6.45, 7) is 5.01. The molecule has 0 radical (unpaired) electrons. The van der Waals surface area contributed by atoms with Gasteiger partial charge in [-0.15, -0.1) is 6.42 Å². The fraction of sp³-hybridized carbons (Fsp3) is 0.273. The zero-order chi connectivity index (χ0) is 21.1. The Morgan fingerprint density at radius 2 is 1.97 bits per heavy atom. The number of halogens is 1. The van der Waals surface area contributed by atoms with Gasteiger partial charge in [-0.05, 0) is 55.3 Å². The van der Waals surface area contributed by atoms with Crippen molar-refractivity contribution in [1.29, 1.82) is 0 Å². The summed E-state index contributed by atoms with van der Waals surface area (Å²) in [4.78, 5) is 12.2. The van der Waals surface area contributed by atoms with Crippen LogP contribution in [0.1, 0.15) is 36.2 Å². The largest absolute Gasteiger partial charge is 0.494 e. The third-order valence-corrected chi connectivity index (χ3v) is 3.88. The third-order valence-electron chi connectivity index (χ3n) is 3.60. The van der Waals surface area contributed by atoms with Crippen LogP contribution < -0.4 is 19.6 Å². The first-order chi connectivity index (χ1) is 14.1. The van der Waals surface area contributed by atoms with E-state index in [0.29, 0.717) is 40.9 Å². The number of nitrogens with zero attached hydrogens (tertiary/aromatic N) is 1. The Kier molecular flexibility index (Phi) is 8.87. The van der Waals surface area contributed by atoms with Crippen LogP contribution in [0.3, 0.4) is 0 Å². The first-order valence-corrected chi connectivity index (χ1v) is 9.55. The van der Waals surface area contributed by atoms with Crippen molar-refractivity contribution in [1.82, 2.24) is 5.43 Å². The zero-order valence-corrected chi connectivity index (χ0v) is 17.2. The lowest BCUT2D eigenvalue weighted by molar-refractivity contribution is 0.0955. The van der Waals surface area contributed by atoms with Gasteiger partial charge < -0.3 is 14.2 Å². The van der Waals surface area contributed by atoms with Crippen LogP contribution in [-0.2, 0) is 0 Å². The minimum absolute atomic E-state index is 0.0750. The Bertz CT molecular complexity index is 889. The van der Waals surface area contributed by atoms with E-state index >= 15 is 0 Å². The van der Waals surface area contributed by atoms with E-state index in [1.807, 2.05) is 13.8 Å². The van der Waals surface area contributed by atoms with Gasteiger partial charge in [0.2, 0.25) is 0 Å². The number of amides is 1. The molecule has 0 atom stereocenters. The molecule has 0 saturated heterocycles. The summed E-state index contributed by atoms with van der Waals surface area (Å²) in [7, 11) is 0. The number of hydrogen-bond donors (Lipinski definition) is 1. The van der Waals surface area contributed by atoms with Crippen LogP contribution in [0, 0.1) is 12.3 Å². The number of hydrazone groups is 1. The van der Waals surface area contributed by atoms with Gasteiger partial charge in [0.1, 0.15) is 12.4 Å². The van der Waals surface area contributed by atoms with Crippen molar-refractivity contribution in [2.24, 2.45) is 5.10 Å². The molecule has 0 saturated carbocycles. The molecule has 2 aromatic rings. The van der Waals surface area contributed by atoms with E-state index in [1.54, 1.807) is 36.4 Å². The number of ether oxygens (including phenoxy) is 3. The number of carbonyl (C=O) groups is 1. The topological polar surface area (TPSA) is 69.2 Å². The van der Waals surface area contributed by atoms with Gasteiger partial charge in [-0.3, -0.25) is 4.79 Å². The number of benzene rings is 2. The van der Waals surface area contributed by atoms with Crippen LogP contribution in [0.4, 0.5) is 0 Å². The lowest BCUT2D eigenvalue weighted by Crippen LogP contribution is -2.17. The Morgan fingerprint density at radius 3 is 2.62 bits per heavy atom. The maximum Gasteiger partial charge on any atom is 0.271 e. The van der Waals surface area contributed by atoms with Crippen LogP contribution in [-0.4, -0.2) is 31.9 Å². The van der Waals surface area contributed by atoms with Crippen molar-refractivity contribution < 1.29 is 19.0 Å². The molecular weight excluding hydrogens is 392 g/mol. The number of terminal acetylenes is 1. The standard InChI is InChI=1S/C22H23ClN2O4/c1-4-11-28-18-9-7-17(8-10-18)22(26)25-24-15-16-13-19(23)21(29-12-5-2)20(14-16)27-6-3/h2,7-10,13-15H,4,6,11-12H2,1,3H3,(H,25,26)/b24-15-. The lowest BCUT2D eigenvalue weighted by Gasteiger charge is -2.12. The van der Waals surface area contributed by atoms with Crippen molar-refractivity contribution in [2.75, 3.05) is 19.8 Å². The first-order valence-electron chi connectivity index (χ1n) is 9.17. The summed E-state index contributed by atoms with van der Waals surface area (Å²) in [5.41, 5.74) is 3.58. The molecule has 152 valence electrons. The predicted molar refractivity (Wildman–Crippen MR) is 114 cm³/mol. The molecule has 6 nitrogen and oxygen atoms in total. The van der Waals surface area contributed by atoms with E-state index in [-0.39, 0.29) is 12.5 Å². The molecule has 0 aromatic heterocycles. The molecule has 0 bridgehead atoms. The van der Waals surface area contributed by atoms with Crippen molar-refractivity contribution in [3.63, 3.8) is 0 Å². The second-order valence-corrected chi connectivity index (χ2v) is 6.23. The molecule has 0 spiro atoms. The number of carbonyl (C=O) groups excluding carboxylic acids is 1. The minimum atomic E-state index is -0.339. The smallest absolute Gasteiger partial charge is 0.271 e. The van der Waals surface area contributed by atoms with Gasteiger partial charge in [-0.1, -0.05) is 24.4 Å². The summed E-state index contributed by atoms with van der Waals surface area (Å²) in [6, 6.07) is 10.2. The van der Waals surface area contributed by atoms with Gasteiger partial charge >= 0.3 is 0 Å². The predicted octanol–water partition coefficient (Wildman–Crippen LogP) is 4.30. The summed E-state index contributed by atoms with van der Waals surface area (Å²) in [6.07, 6.45) is 7.61. The number of rotatable bonds is 10. The van der Waals surface area contributed by atoms with Crippen LogP contribution in [0.2, 0.25) is 5.02 Å². The molecule has 1 N–H and O–H groups in total. The molecule has 0 heterocycles. The van der Waals surface area contributed by atoms with E-state index in [1.165, 1.54) is 6.21 Å². The van der Waals surface area contributed by atoms with E-state index in [0.717, 1.165) is 12.2 Å². The monoisotopic (exact) mass is 414 g/mol. The van der Waals surface area contributed by atoms with Crippen LogP contribution in [0.15, 0.2) is 41.5 Å². The molecule has 29 heavy (non-hydrogen) atoms. The quantitative estimate of drug-likeness (QED) is 0.357. The van der Waals surface area contributed by atoms with Gasteiger partial charge in [-0.25, -0.2) is 5.43 Å². The fourth-order valence-electron chi connectivity index (χ4n) is 2.33. The lowest BCUT2D eigenvalue weighted by atomic mass is 10.2. The summed E-state index contributed by atoms with van der Waals surface area (Å²) < 4.78 is 16.5. The normalized spacial score (nSPS) is 10.4. The Balaban J connectivity index is 2.05. The highest BCUT2D eigenvalue weighted by Crippen LogP contribution is 2.36. The maximum absolute atomic E-state index is 12.2. The summed E-state index contributed by atoms with van der Waals surface area (Å²) in [5.74, 6) is 3.59. The van der Waals surface area contributed by atoms with Crippen molar-refractivity contribution in [3.8, 4) is 29.6 Å². The highest BCUT2D eigenvalue weighted by molar-refractivity contribution is 6.32. The Morgan fingerprint density at radius 1 is 1.21 bits per heavy atom. The average molecular weight is 415 g/mol. The van der Waals surface area contributed by atoms with Gasteiger partial charge in [0.05, 0.1) is 24.5 Å². The molecule has 0 unspecified atom stereocenters. The highest BCUT2D eigenvalue weighted by atomic mass is 35.5. The van der Waals surface area contributed by atoms with E-state index in [9.17, 15) is 4.79 Å². The zero-order valence-electron chi connectivity index (χ0n) is 16.4. The van der Waals surface area contributed by atoms with E-state index in [4.69, 9.17) is 32.2 Å². The SMILES string of the molecule is C#CCOc1c(Cl)cc(/C=N\NC(=O)c2ccc(OCCC)cc2)cc1OCC. The molecule has 1 amide bonds. The third kappa shape index (κ3) is 6.74. The molecule has 0 aliphatic heterocycles. The average Bonchev–Trinajstić information content (AvgIpc) is 2.72. The van der Waals surface area contributed by atoms with Crippen LogP contribution in [0.5, 0.6) is 17.2 Å². The van der Waals surface area contributed by atoms with Crippen molar-refractivity contribution >= 4 is 23.7 Å². The van der Waals surface area contributed by atoms with Crippen molar-refractivity contribution in [2.45, 2.75) is 20.3 Å². The second-order valence-electron chi connectivity index (χ2n) is 5.83. The fourth-order valence-corrected chi connectivity index (χ4v) is 2.61. The van der Waals surface area contributed by atoms with Crippen LogP contribution >= 0.6 is 11.6 Å². The molecular formula is C22H23ClN2O4. The van der Waals surface area contributed by atoms with Gasteiger partial charge in [0.25, 0.3) is 5.91 Å². The van der Waals surface area contributed by atoms with Crippen LogP contribution in [0.25, 0.3) is 0 Å². The Labute approximate surface area is 175 Å². The van der Waals surface area contributed by atoms with E-state index in [2.05, 4.69) is 16.4 Å². The minimum Gasteiger partial charge on any atom is -0.494 e. The van der Waals surface area contributed by atoms with E-state index < -0.39 is 0 Å². The molecule has 0 aliphatic rings. The van der Waals surface area contributed by atoms with Crippen molar-refractivity contribution in [3.05, 3.63) is 52.5 Å². The molecule has 7 heteroatoms. The highest BCUT2D eigenvalue weighted by Gasteiger charge is 2.12. The van der Waals surface area contributed by atoms with Gasteiger partial charge in [-0.2, -0.15) is 5.10 Å². The molecule has 2 rings (SSSR count). The van der Waals surface area contributed by atoms with Gasteiger partial charge in [0.15, 0.2) is 11.5 Å². The summed E-state index contributed by atoms with van der Waals surface area (Å²) in [5, 5.41) is 4.32. The van der Waals surface area contributed by atoms with Gasteiger partial charge in [0, 0.05) is 5.56 Å². The maximum atomic E-state index is 12.2. The molecule has 0 fully saturated rings. The molecule has 2 aromatic carbocycles. The number of hydrogen-bond acceptors (Lipinski definition) is 5. The Hall–Kier alpha value is -3.17.